The second-order valence-corrected chi connectivity index (χ2v) is 10.6. The Morgan fingerprint density at radius 1 is 1.10 bits per heavy atom. The fraction of sp³-hybridized carbons (Fsp3) is 0.286. The van der Waals surface area contributed by atoms with Crippen molar-refractivity contribution >= 4 is 42.4 Å². The van der Waals surface area contributed by atoms with Crippen molar-refractivity contribution in [2.75, 3.05) is 38.2 Å². The lowest BCUT2D eigenvalue weighted by molar-refractivity contribution is 0.384. The van der Waals surface area contributed by atoms with E-state index in [9.17, 15) is 8.42 Å². The summed E-state index contributed by atoms with van der Waals surface area (Å²) in [4.78, 5) is 7.24. The van der Waals surface area contributed by atoms with Crippen molar-refractivity contribution in [2.45, 2.75) is 11.3 Å². The Morgan fingerprint density at radius 3 is 2.60 bits per heavy atom. The SMILES string of the molecule is COc1cccc(Cc2csc(N3CCN(S(=O)(=O)c4ccccc4Br)CC3)n2)c1. The zero-order valence-corrected chi connectivity index (χ0v) is 19.7. The number of benzene rings is 2. The van der Waals surface area contributed by atoms with Crippen LogP contribution in [0.4, 0.5) is 5.13 Å². The minimum atomic E-state index is -3.51. The summed E-state index contributed by atoms with van der Waals surface area (Å²) in [5, 5.41) is 3.00. The Balaban J connectivity index is 1.41. The summed E-state index contributed by atoms with van der Waals surface area (Å²) in [6.07, 6.45) is 0.740. The molecule has 9 heteroatoms. The van der Waals surface area contributed by atoms with E-state index < -0.39 is 10.0 Å². The molecule has 0 unspecified atom stereocenters. The zero-order chi connectivity index (χ0) is 21.1. The Bertz CT molecular complexity index is 1130. The van der Waals surface area contributed by atoms with Crippen LogP contribution in [0.15, 0.2) is 63.3 Å². The molecular formula is C21H22BrN3O3S2. The van der Waals surface area contributed by atoms with Crippen LogP contribution < -0.4 is 9.64 Å². The minimum Gasteiger partial charge on any atom is -0.497 e. The number of halogens is 1. The lowest BCUT2D eigenvalue weighted by Crippen LogP contribution is -2.48. The lowest BCUT2D eigenvalue weighted by Gasteiger charge is -2.34. The number of ether oxygens (including phenoxy) is 1. The van der Waals surface area contributed by atoms with Gasteiger partial charge in [-0.25, -0.2) is 13.4 Å². The van der Waals surface area contributed by atoms with Crippen LogP contribution >= 0.6 is 27.3 Å². The largest absolute Gasteiger partial charge is 0.497 e. The van der Waals surface area contributed by atoms with E-state index in [1.807, 2.05) is 24.3 Å². The van der Waals surface area contributed by atoms with Gasteiger partial charge in [0.2, 0.25) is 10.0 Å². The van der Waals surface area contributed by atoms with E-state index in [4.69, 9.17) is 9.72 Å². The van der Waals surface area contributed by atoms with E-state index in [2.05, 4.69) is 32.3 Å². The maximum Gasteiger partial charge on any atom is 0.244 e. The molecule has 3 aromatic rings. The number of thiazole rings is 1. The minimum absolute atomic E-state index is 0.313. The molecule has 2 heterocycles. The summed E-state index contributed by atoms with van der Waals surface area (Å²) in [6.45, 7) is 2.12. The predicted octanol–water partition coefficient (Wildman–Crippen LogP) is 4.02. The molecule has 4 rings (SSSR count). The molecule has 1 aliphatic rings. The quantitative estimate of drug-likeness (QED) is 0.504. The second kappa shape index (κ2) is 9.05. The molecule has 1 aliphatic heterocycles. The molecule has 1 aromatic heterocycles. The number of piperazine rings is 1. The van der Waals surface area contributed by atoms with E-state index in [1.165, 1.54) is 0 Å². The highest BCUT2D eigenvalue weighted by atomic mass is 79.9. The van der Waals surface area contributed by atoms with E-state index >= 15 is 0 Å². The highest BCUT2D eigenvalue weighted by Gasteiger charge is 2.30. The topological polar surface area (TPSA) is 62.7 Å². The third-order valence-corrected chi connectivity index (χ3v) is 8.88. The van der Waals surface area contributed by atoms with Gasteiger partial charge in [0, 0.05) is 42.5 Å². The highest BCUT2D eigenvalue weighted by Crippen LogP contribution is 2.28. The first-order valence-corrected chi connectivity index (χ1v) is 12.7. The average molecular weight is 508 g/mol. The van der Waals surface area contributed by atoms with Crippen molar-refractivity contribution in [1.29, 1.82) is 0 Å². The van der Waals surface area contributed by atoms with Crippen molar-refractivity contribution in [3.05, 3.63) is 69.6 Å². The van der Waals surface area contributed by atoms with Gasteiger partial charge in [-0.2, -0.15) is 4.31 Å². The van der Waals surface area contributed by atoms with E-state index in [1.54, 1.807) is 41.0 Å². The molecule has 1 fully saturated rings. The second-order valence-electron chi connectivity index (χ2n) is 6.97. The van der Waals surface area contributed by atoms with Crippen molar-refractivity contribution in [2.24, 2.45) is 0 Å². The summed E-state index contributed by atoms with van der Waals surface area (Å²) in [5.41, 5.74) is 2.15. The van der Waals surface area contributed by atoms with Gasteiger partial charge < -0.3 is 9.64 Å². The first-order valence-electron chi connectivity index (χ1n) is 9.54. The molecule has 0 atom stereocenters. The summed E-state index contributed by atoms with van der Waals surface area (Å²) in [7, 11) is -1.85. The molecule has 158 valence electrons. The number of methoxy groups -OCH3 is 1. The first kappa shape index (κ1) is 21.3. The van der Waals surface area contributed by atoms with Crippen LogP contribution in [0.1, 0.15) is 11.3 Å². The molecule has 0 radical (unpaired) electrons. The average Bonchev–Trinajstić information content (AvgIpc) is 3.22. The van der Waals surface area contributed by atoms with E-state index in [0.717, 1.165) is 28.6 Å². The Morgan fingerprint density at radius 2 is 1.87 bits per heavy atom. The van der Waals surface area contributed by atoms with Crippen molar-refractivity contribution < 1.29 is 13.2 Å². The monoisotopic (exact) mass is 507 g/mol. The van der Waals surface area contributed by atoms with Crippen LogP contribution in [0.2, 0.25) is 0 Å². The number of hydrogen-bond donors (Lipinski definition) is 0. The van der Waals surface area contributed by atoms with Gasteiger partial charge in [-0.3, -0.25) is 0 Å². The number of nitrogens with zero attached hydrogens (tertiary/aromatic N) is 3. The van der Waals surface area contributed by atoms with Crippen molar-refractivity contribution in [3.63, 3.8) is 0 Å². The van der Waals surface area contributed by atoms with Gasteiger partial charge in [-0.15, -0.1) is 11.3 Å². The standard InChI is InChI=1S/C21H22BrN3O3S2/c1-28-18-6-4-5-16(14-18)13-17-15-29-21(23-17)24-9-11-25(12-10-24)30(26,27)20-8-3-2-7-19(20)22/h2-8,14-15H,9-13H2,1H3. The Hall–Kier alpha value is -1.94. The number of rotatable bonds is 6. The summed E-state index contributed by atoms with van der Waals surface area (Å²) >= 11 is 4.95. The first-order chi connectivity index (χ1) is 14.5. The number of aromatic nitrogens is 1. The predicted molar refractivity (Wildman–Crippen MR) is 123 cm³/mol. The number of sulfonamides is 1. The number of hydrogen-bond acceptors (Lipinski definition) is 6. The normalized spacial score (nSPS) is 15.3. The van der Waals surface area contributed by atoms with E-state index in [-0.39, 0.29) is 0 Å². The zero-order valence-electron chi connectivity index (χ0n) is 16.5. The Kier molecular flexibility index (Phi) is 6.43. The highest BCUT2D eigenvalue weighted by molar-refractivity contribution is 9.10. The van der Waals surface area contributed by atoms with Crippen molar-refractivity contribution in [3.8, 4) is 5.75 Å². The molecule has 0 bridgehead atoms. The molecule has 0 saturated carbocycles. The maximum absolute atomic E-state index is 13.0. The van der Waals surface area contributed by atoms with Gasteiger partial charge in [-0.1, -0.05) is 24.3 Å². The molecule has 2 aromatic carbocycles. The third-order valence-electron chi connectivity index (χ3n) is 5.02. The van der Waals surface area contributed by atoms with Gasteiger partial charge in [0.15, 0.2) is 5.13 Å². The molecule has 0 aliphatic carbocycles. The van der Waals surface area contributed by atoms with Gasteiger partial charge in [0.25, 0.3) is 0 Å². The van der Waals surface area contributed by atoms with Crippen LogP contribution in [0, 0.1) is 0 Å². The molecule has 30 heavy (non-hydrogen) atoms. The van der Waals surface area contributed by atoms with E-state index in [0.29, 0.717) is 35.5 Å². The summed E-state index contributed by atoms with van der Waals surface area (Å²) < 4.78 is 33.4. The molecule has 1 saturated heterocycles. The van der Waals surface area contributed by atoms with Crippen molar-refractivity contribution in [1.82, 2.24) is 9.29 Å². The van der Waals surface area contributed by atoms with Crippen LogP contribution in [0.5, 0.6) is 5.75 Å². The fourth-order valence-corrected chi connectivity index (χ4v) is 6.69. The van der Waals surface area contributed by atoms with Crippen LogP contribution in [0.25, 0.3) is 0 Å². The molecule has 0 spiro atoms. The van der Waals surface area contributed by atoms with Crippen LogP contribution in [-0.2, 0) is 16.4 Å². The fourth-order valence-electron chi connectivity index (χ4n) is 3.43. The molecule has 0 N–H and O–H groups in total. The van der Waals surface area contributed by atoms with Gasteiger partial charge in [0.05, 0.1) is 17.7 Å². The van der Waals surface area contributed by atoms with Gasteiger partial charge in [0.1, 0.15) is 5.75 Å². The maximum atomic E-state index is 13.0. The van der Waals surface area contributed by atoms with Gasteiger partial charge in [-0.05, 0) is 45.8 Å². The third kappa shape index (κ3) is 4.54. The molecule has 6 nitrogen and oxygen atoms in total. The lowest BCUT2D eigenvalue weighted by atomic mass is 10.1. The summed E-state index contributed by atoms with van der Waals surface area (Å²) in [6, 6.07) is 14.9. The smallest absolute Gasteiger partial charge is 0.244 e. The summed E-state index contributed by atoms with van der Waals surface area (Å²) in [5.74, 6) is 0.838. The van der Waals surface area contributed by atoms with Gasteiger partial charge >= 0.3 is 0 Å². The number of anilines is 1. The van der Waals surface area contributed by atoms with Crippen LogP contribution in [-0.4, -0.2) is 51.0 Å². The molecule has 0 amide bonds. The van der Waals surface area contributed by atoms with Crippen LogP contribution in [0.3, 0.4) is 0 Å². The Labute approximate surface area is 189 Å². The molecular weight excluding hydrogens is 486 g/mol.